The molecule has 1 aliphatic rings. The molecule has 1 saturated heterocycles. The smallest absolute Gasteiger partial charge is 0.375 e. The maximum absolute atomic E-state index is 13.3. The Labute approximate surface area is 165 Å². The topological polar surface area (TPSA) is 63.2 Å². The highest BCUT2D eigenvalue weighted by atomic mass is 19.4. The Morgan fingerprint density at radius 1 is 1.17 bits per heavy atom. The first-order chi connectivity index (χ1) is 13.9. The van der Waals surface area contributed by atoms with Crippen LogP contribution in [0.3, 0.4) is 0 Å². The van der Waals surface area contributed by atoms with E-state index in [1.807, 2.05) is 11.8 Å². The van der Waals surface area contributed by atoms with Gasteiger partial charge in [0.1, 0.15) is 5.82 Å². The zero-order valence-electron chi connectivity index (χ0n) is 15.8. The van der Waals surface area contributed by atoms with Crippen LogP contribution >= 0.6 is 0 Å². The minimum Gasteiger partial charge on any atom is -0.375 e. The van der Waals surface area contributed by atoms with Gasteiger partial charge in [-0.15, -0.1) is 0 Å². The van der Waals surface area contributed by atoms with Crippen molar-refractivity contribution in [2.75, 3.05) is 29.9 Å². The maximum atomic E-state index is 13.3. The van der Waals surface area contributed by atoms with E-state index < -0.39 is 11.7 Å². The lowest BCUT2D eigenvalue weighted by atomic mass is 10.1. The number of morpholine rings is 1. The Kier molecular flexibility index (Phi) is 5.23. The van der Waals surface area contributed by atoms with Crippen LogP contribution < -0.4 is 10.2 Å². The van der Waals surface area contributed by atoms with Gasteiger partial charge in [-0.3, -0.25) is 0 Å². The largest absolute Gasteiger partial charge is 0.416 e. The molecule has 4 rings (SSSR count). The number of fused-ring (bicyclic) bond motifs is 1. The summed E-state index contributed by atoms with van der Waals surface area (Å²) in [5, 5.41) is 3.71. The van der Waals surface area contributed by atoms with Gasteiger partial charge < -0.3 is 15.0 Å². The number of nitrogens with one attached hydrogen (secondary N) is 1. The zero-order valence-corrected chi connectivity index (χ0v) is 15.8. The van der Waals surface area contributed by atoms with Gasteiger partial charge in [-0.1, -0.05) is 18.2 Å². The van der Waals surface area contributed by atoms with Crippen molar-refractivity contribution in [3.8, 4) is 0 Å². The van der Waals surface area contributed by atoms with Crippen LogP contribution in [0.5, 0.6) is 0 Å². The van der Waals surface area contributed by atoms with E-state index in [1.54, 1.807) is 24.4 Å². The first-order valence-electron chi connectivity index (χ1n) is 9.30. The standard InChI is InChI=1S/C20H20F3N5O/c1-13-12-28(9-10-29-13)19-26-17-15(6-4-8-24-17)18(27-19)25-11-14-5-2-3-7-16(14)20(21,22)23/h2-8,13H,9-12H2,1H3,(H,24,25,26,27). The average molecular weight is 403 g/mol. The summed E-state index contributed by atoms with van der Waals surface area (Å²) in [6, 6.07) is 9.06. The van der Waals surface area contributed by atoms with E-state index in [-0.39, 0.29) is 18.2 Å². The molecule has 0 saturated carbocycles. The Bertz CT molecular complexity index is 1010. The molecular weight excluding hydrogens is 383 g/mol. The Morgan fingerprint density at radius 3 is 2.79 bits per heavy atom. The van der Waals surface area contributed by atoms with Crippen molar-refractivity contribution in [2.45, 2.75) is 25.7 Å². The highest BCUT2D eigenvalue weighted by molar-refractivity contribution is 5.87. The lowest BCUT2D eigenvalue weighted by molar-refractivity contribution is -0.138. The molecule has 29 heavy (non-hydrogen) atoms. The second kappa shape index (κ2) is 7.82. The third kappa shape index (κ3) is 4.24. The molecule has 1 atom stereocenters. The highest BCUT2D eigenvalue weighted by Crippen LogP contribution is 2.32. The molecule has 6 nitrogen and oxygen atoms in total. The van der Waals surface area contributed by atoms with Gasteiger partial charge in [0, 0.05) is 25.8 Å². The average Bonchev–Trinajstić information content (AvgIpc) is 2.71. The van der Waals surface area contributed by atoms with Crippen molar-refractivity contribution in [2.24, 2.45) is 0 Å². The van der Waals surface area contributed by atoms with Gasteiger partial charge in [-0.05, 0) is 30.7 Å². The summed E-state index contributed by atoms with van der Waals surface area (Å²) in [6.45, 7) is 3.79. The van der Waals surface area contributed by atoms with E-state index in [2.05, 4.69) is 20.3 Å². The lowest BCUT2D eigenvalue weighted by Crippen LogP contribution is -2.42. The van der Waals surface area contributed by atoms with Crippen LogP contribution in [0.2, 0.25) is 0 Å². The van der Waals surface area contributed by atoms with Crippen LogP contribution in [0.1, 0.15) is 18.1 Å². The number of alkyl halides is 3. The van der Waals surface area contributed by atoms with Gasteiger partial charge >= 0.3 is 6.18 Å². The van der Waals surface area contributed by atoms with Gasteiger partial charge in [-0.25, -0.2) is 4.98 Å². The number of aromatic nitrogens is 3. The summed E-state index contributed by atoms with van der Waals surface area (Å²) >= 11 is 0. The number of rotatable bonds is 4. The predicted molar refractivity (Wildman–Crippen MR) is 104 cm³/mol. The maximum Gasteiger partial charge on any atom is 0.416 e. The highest BCUT2D eigenvalue weighted by Gasteiger charge is 2.32. The molecule has 9 heteroatoms. The third-order valence-electron chi connectivity index (χ3n) is 4.75. The minimum absolute atomic E-state index is 0.0182. The van der Waals surface area contributed by atoms with Gasteiger partial charge in [0.25, 0.3) is 0 Å². The summed E-state index contributed by atoms with van der Waals surface area (Å²) in [4.78, 5) is 15.4. The molecule has 0 spiro atoms. The third-order valence-corrected chi connectivity index (χ3v) is 4.75. The molecule has 0 aliphatic carbocycles. The van der Waals surface area contributed by atoms with Gasteiger partial charge in [0.15, 0.2) is 5.65 Å². The monoisotopic (exact) mass is 403 g/mol. The first kappa shape index (κ1) is 19.4. The summed E-state index contributed by atoms with van der Waals surface area (Å²) in [5.41, 5.74) is -0.0216. The van der Waals surface area contributed by atoms with Crippen LogP contribution in [0, 0.1) is 0 Å². The van der Waals surface area contributed by atoms with Crippen molar-refractivity contribution < 1.29 is 17.9 Å². The van der Waals surface area contributed by atoms with Crippen molar-refractivity contribution in [3.63, 3.8) is 0 Å². The van der Waals surface area contributed by atoms with Crippen molar-refractivity contribution >= 4 is 22.8 Å². The molecule has 0 amide bonds. The van der Waals surface area contributed by atoms with E-state index in [4.69, 9.17) is 4.74 Å². The fourth-order valence-electron chi connectivity index (χ4n) is 3.36. The van der Waals surface area contributed by atoms with Gasteiger partial charge in [0.05, 0.1) is 23.7 Å². The molecule has 0 radical (unpaired) electrons. The first-order valence-corrected chi connectivity index (χ1v) is 9.30. The molecule has 1 aliphatic heterocycles. The summed E-state index contributed by atoms with van der Waals surface area (Å²) in [7, 11) is 0. The summed E-state index contributed by atoms with van der Waals surface area (Å²) in [5.74, 6) is 0.937. The molecule has 0 bridgehead atoms. The van der Waals surface area contributed by atoms with Crippen LogP contribution in [0.25, 0.3) is 11.0 Å². The van der Waals surface area contributed by atoms with Crippen molar-refractivity contribution in [1.82, 2.24) is 15.0 Å². The normalized spacial score (nSPS) is 17.5. The Hall–Kier alpha value is -2.94. The molecule has 3 aromatic rings. The number of halogens is 3. The quantitative estimate of drug-likeness (QED) is 0.713. The van der Waals surface area contributed by atoms with Crippen LogP contribution in [-0.2, 0) is 17.5 Å². The minimum atomic E-state index is -4.41. The Balaban J connectivity index is 1.67. The Morgan fingerprint density at radius 2 is 2.00 bits per heavy atom. The number of ether oxygens (including phenoxy) is 1. The number of nitrogens with zero attached hydrogens (tertiary/aromatic N) is 4. The van der Waals surface area contributed by atoms with Crippen molar-refractivity contribution in [1.29, 1.82) is 0 Å². The molecule has 1 aromatic carbocycles. The second-order valence-electron chi connectivity index (χ2n) is 6.88. The number of pyridine rings is 1. The summed E-state index contributed by atoms with van der Waals surface area (Å²) in [6.07, 6.45) is -2.74. The number of anilines is 2. The van der Waals surface area contributed by atoms with Crippen LogP contribution in [0.15, 0.2) is 42.6 Å². The van der Waals surface area contributed by atoms with E-state index in [0.717, 1.165) is 6.07 Å². The number of hydrogen-bond donors (Lipinski definition) is 1. The number of hydrogen-bond acceptors (Lipinski definition) is 6. The van der Waals surface area contributed by atoms with Crippen molar-refractivity contribution in [3.05, 3.63) is 53.7 Å². The zero-order chi connectivity index (χ0) is 20.4. The molecule has 3 heterocycles. The molecule has 152 valence electrons. The van der Waals surface area contributed by atoms with Gasteiger partial charge in [-0.2, -0.15) is 23.1 Å². The SMILES string of the molecule is CC1CN(c2nc(NCc3ccccc3C(F)(F)F)c3cccnc3n2)CCO1. The van der Waals surface area contributed by atoms with Crippen LogP contribution in [0.4, 0.5) is 24.9 Å². The molecule has 1 N–H and O–H groups in total. The fraction of sp³-hybridized carbons (Fsp3) is 0.350. The molecule has 1 unspecified atom stereocenters. The van der Waals surface area contributed by atoms with E-state index in [0.29, 0.717) is 42.5 Å². The fourth-order valence-corrected chi connectivity index (χ4v) is 3.36. The lowest BCUT2D eigenvalue weighted by Gasteiger charge is -2.31. The predicted octanol–water partition coefficient (Wildman–Crippen LogP) is 3.88. The number of benzene rings is 1. The van der Waals surface area contributed by atoms with Crippen LogP contribution in [-0.4, -0.2) is 40.8 Å². The van der Waals surface area contributed by atoms with E-state index in [1.165, 1.54) is 12.1 Å². The second-order valence-corrected chi connectivity index (χ2v) is 6.88. The van der Waals surface area contributed by atoms with Gasteiger partial charge in [0.2, 0.25) is 5.95 Å². The van der Waals surface area contributed by atoms with E-state index in [9.17, 15) is 13.2 Å². The molecule has 2 aromatic heterocycles. The summed E-state index contributed by atoms with van der Waals surface area (Å²) < 4.78 is 45.4. The molecular formula is C20H20F3N5O. The van der Waals surface area contributed by atoms with E-state index >= 15 is 0 Å². The molecule has 1 fully saturated rings.